The third-order valence-electron chi connectivity index (χ3n) is 3.25. The van der Waals surface area contributed by atoms with E-state index in [1.165, 1.54) is 0 Å². The Balaban J connectivity index is 1.67. The number of carbonyl (C=O) groups excluding carboxylic acids is 1. The second kappa shape index (κ2) is 5.77. The average Bonchev–Trinajstić information content (AvgIpc) is 2.83. The lowest BCUT2D eigenvalue weighted by atomic mass is 9.86. The van der Waals surface area contributed by atoms with Crippen LogP contribution in [-0.2, 0) is 11.3 Å². The number of amides is 1. The quantitative estimate of drug-likeness (QED) is 0.766. The molecular formula is C11H19N5O. The topological polar surface area (TPSA) is 85.8 Å². The summed E-state index contributed by atoms with van der Waals surface area (Å²) in [6.45, 7) is 1.27. The summed E-state index contributed by atoms with van der Waals surface area (Å²) in [6.07, 6.45) is 7.16. The van der Waals surface area contributed by atoms with E-state index in [0.29, 0.717) is 13.1 Å². The van der Waals surface area contributed by atoms with E-state index in [4.69, 9.17) is 5.73 Å². The van der Waals surface area contributed by atoms with Crippen molar-refractivity contribution >= 4 is 5.91 Å². The minimum atomic E-state index is 0.144. The number of nitrogens with two attached hydrogens (primary N) is 1. The molecule has 6 heteroatoms. The van der Waals surface area contributed by atoms with Crippen LogP contribution in [0.1, 0.15) is 25.7 Å². The molecule has 1 amide bonds. The second-order valence-electron chi connectivity index (χ2n) is 4.57. The Labute approximate surface area is 101 Å². The molecule has 1 aromatic rings. The van der Waals surface area contributed by atoms with Gasteiger partial charge in [0.25, 0.3) is 0 Å². The molecule has 17 heavy (non-hydrogen) atoms. The van der Waals surface area contributed by atoms with E-state index in [1.54, 1.807) is 17.1 Å². The molecule has 0 saturated heterocycles. The maximum Gasteiger partial charge on any atom is 0.223 e. The van der Waals surface area contributed by atoms with Crippen LogP contribution in [0.2, 0.25) is 0 Å². The lowest BCUT2D eigenvalue weighted by molar-refractivity contribution is -0.126. The molecule has 0 radical (unpaired) electrons. The summed E-state index contributed by atoms with van der Waals surface area (Å²) in [4.78, 5) is 11.8. The fraction of sp³-hybridized carbons (Fsp3) is 0.727. The largest absolute Gasteiger partial charge is 0.354 e. The van der Waals surface area contributed by atoms with Gasteiger partial charge in [0.05, 0.1) is 12.7 Å². The Morgan fingerprint density at radius 3 is 2.82 bits per heavy atom. The molecule has 0 unspecified atom stereocenters. The van der Waals surface area contributed by atoms with Crippen LogP contribution in [-0.4, -0.2) is 33.5 Å². The van der Waals surface area contributed by atoms with Crippen LogP contribution in [0.15, 0.2) is 12.4 Å². The Morgan fingerprint density at radius 2 is 2.18 bits per heavy atom. The predicted molar refractivity (Wildman–Crippen MR) is 63.0 cm³/mol. The SMILES string of the molecule is NC1CCC(C(=O)NCCn2ccnn2)CC1. The van der Waals surface area contributed by atoms with E-state index in [0.717, 1.165) is 25.7 Å². The first-order valence-corrected chi connectivity index (χ1v) is 6.13. The molecule has 0 atom stereocenters. The molecule has 1 heterocycles. The molecule has 94 valence electrons. The fourth-order valence-electron chi connectivity index (χ4n) is 2.17. The number of nitrogens with one attached hydrogen (secondary N) is 1. The minimum absolute atomic E-state index is 0.144. The van der Waals surface area contributed by atoms with Gasteiger partial charge in [0.1, 0.15) is 0 Å². The van der Waals surface area contributed by atoms with Crippen molar-refractivity contribution in [2.24, 2.45) is 11.7 Å². The number of hydrogen-bond acceptors (Lipinski definition) is 4. The molecule has 0 aliphatic heterocycles. The van der Waals surface area contributed by atoms with Crippen LogP contribution < -0.4 is 11.1 Å². The van der Waals surface area contributed by atoms with Crippen molar-refractivity contribution in [1.29, 1.82) is 0 Å². The zero-order chi connectivity index (χ0) is 12.1. The Hall–Kier alpha value is -1.43. The highest BCUT2D eigenvalue weighted by Gasteiger charge is 2.23. The van der Waals surface area contributed by atoms with E-state index >= 15 is 0 Å². The van der Waals surface area contributed by atoms with E-state index in [2.05, 4.69) is 15.6 Å². The van der Waals surface area contributed by atoms with Crippen molar-refractivity contribution in [3.63, 3.8) is 0 Å². The third-order valence-corrected chi connectivity index (χ3v) is 3.25. The number of nitrogens with zero attached hydrogens (tertiary/aromatic N) is 3. The standard InChI is InChI=1S/C11H19N5O/c12-10-3-1-9(2-4-10)11(17)13-5-7-16-8-6-14-15-16/h6,8-10H,1-5,7,12H2,(H,13,17). The van der Waals surface area contributed by atoms with Crippen LogP contribution >= 0.6 is 0 Å². The summed E-state index contributed by atoms with van der Waals surface area (Å²) in [7, 11) is 0. The number of aromatic nitrogens is 3. The Morgan fingerprint density at radius 1 is 1.41 bits per heavy atom. The van der Waals surface area contributed by atoms with Gasteiger partial charge in [-0.3, -0.25) is 9.48 Å². The molecule has 1 aliphatic carbocycles. The summed E-state index contributed by atoms with van der Waals surface area (Å²) in [5, 5.41) is 10.5. The molecule has 1 fully saturated rings. The summed E-state index contributed by atoms with van der Waals surface area (Å²) in [5.41, 5.74) is 5.81. The van der Waals surface area contributed by atoms with Crippen molar-refractivity contribution in [3.05, 3.63) is 12.4 Å². The van der Waals surface area contributed by atoms with Gasteiger partial charge in [0, 0.05) is 24.7 Å². The van der Waals surface area contributed by atoms with Crippen LogP contribution in [0.3, 0.4) is 0 Å². The van der Waals surface area contributed by atoms with E-state index < -0.39 is 0 Å². The first kappa shape index (κ1) is 12.0. The molecule has 0 bridgehead atoms. The first-order chi connectivity index (χ1) is 8.25. The molecule has 6 nitrogen and oxygen atoms in total. The van der Waals surface area contributed by atoms with Gasteiger partial charge >= 0.3 is 0 Å². The fourth-order valence-corrected chi connectivity index (χ4v) is 2.17. The lowest BCUT2D eigenvalue weighted by Crippen LogP contribution is -2.37. The molecule has 0 spiro atoms. The monoisotopic (exact) mass is 237 g/mol. The second-order valence-corrected chi connectivity index (χ2v) is 4.57. The first-order valence-electron chi connectivity index (χ1n) is 6.13. The summed E-state index contributed by atoms with van der Waals surface area (Å²) >= 11 is 0. The van der Waals surface area contributed by atoms with Crippen molar-refractivity contribution in [3.8, 4) is 0 Å². The predicted octanol–water partition coefficient (Wildman–Crippen LogP) is -0.0882. The van der Waals surface area contributed by atoms with Crippen LogP contribution in [0.25, 0.3) is 0 Å². The summed E-state index contributed by atoms with van der Waals surface area (Å²) < 4.78 is 1.71. The highest BCUT2D eigenvalue weighted by atomic mass is 16.1. The lowest BCUT2D eigenvalue weighted by Gasteiger charge is -2.25. The van der Waals surface area contributed by atoms with Crippen molar-refractivity contribution < 1.29 is 4.79 Å². The van der Waals surface area contributed by atoms with E-state index in [9.17, 15) is 4.79 Å². The molecule has 1 saturated carbocycles. The maximum atomic E-state index is 11.8. The highest BCUT2D eigenvalue weighted by Crippen LogP contribution is 2.22. The van der Waals surface area contributed by atoms with Crippen molar-refractivity contribution in [1.82, 2.24) is 20.3 Å². The summed E-state index contributed by atoms with van der Waals surface area (Å²) in [5.74, 6) is 0.294. The van der Waals surface area contributed by atoms with Gasteiger partial charge in [-0.1, -0.05) is 5.21 Å². The van der Waals surface area contributed by atoms with Crippen LogP contribution in [0.4, 0.5) is 0 Å². The van der Waals surface area contributed by atoms with Gasteiger partial charge in [-0.2, -0.15) is 0 Å². The van der Waals surface area contributed by atoms with Gasteiger partial charge in [-0.15, -0.1) is 5.10 Å². The van der Waals surface area contributed by atoms with Gasteiger partial charge in [0.15, 0.2) is 0 Å². The number of carbonyl (C=O) groups is 1. The van der Waals surface area contributed by atoms with Gasteiger partial charge < -0.3 is 11.1 Å². The van der Waals surface area contributed by atoms with E-state index in [1.807, 2.05) is 0 Å². The maximum absolute atomic E-state index is 11.8. The molecule has 2 rings (SSSR count). The van der Waals surface area contributed by atoms with Gasteiger partial charge in [0.2, 0.25) is 5.91 Å². The Kier molecular flexibility index (Phi) is 4.08. The third kappa shape index (κ3) is 3.52. The molecule has 1 aliphatic rings. The normalized spacial score (nSPS) is 24.5. The molecular weight excluding hydrogens is 218 g/mol. The zero-order valence-electron chi connectivity index (χ0n) is 9.88. The molecule has 3 N–H and O–H groups in total. The smallest absolute Gasteiger partial charge is 0.223 e. The Bertz CT molecular complexity index is 343. The van der Waals surface area contributed by atoms with Gasteiger partial charge in [-0.25, -0.2) is 0 Å². The van der Waals surface area contributed by atoms with Crippen LogP contribution in [0.5, 0.6) is 0 Å². The van der Waals surface area contributed by atoms with Crippen molar-refractivity contribution in [2.45, 2.75) is 38.3 Å². The summed E-state index contributed by atoms with van der Waals surface area (Å²) in [6, 6.07) is 0.286. The minimum Gasteiger partial charge on any atom is -0.354 e. The van der Waals surface area contributed by atoms with E-state index in [-0.39, 0.29) is 17.9 Å². The zero-order valence-corrected chi connectivity index (χ0v) is 9.88. The average molecular weight is 237 g/mol. The van der Waals surface area contributed by atoms with Crippen LogP contribution in [0, 0.1) is 5.92 Å². The highest BCUT2D eigenvalue weighted by molar-refractivity contribution is 5.78. The number of rotatable bonds is 4. The van der Waals surface area contributed by atoms with Gasteiger partial charge in [-0.05, 0) is 25.7 Å². The number of hydrogen-bond donors (Lipinski definition) is 2. The van der Waals surface area contributed by atoms with Crippen molar-refractivity contribution in [2.75, 3.05) is 6.54 Å². The molecule has 0 aromatic carbocycles. The molecule has 1 aromatic heterocycles.